The Hall–Kier alpha value is -1.09. The van der Waals surface area contributed by atoms with Crippen molar-refractivity contribution in [3.8, 4) is 0 Å². The van der Waals surface area contributed by atoms with Crippen LogP contribution in [0.3, 0.4) is 0 Å². The Morgan fingerprint density at radius 2 is 2.05 bits per heavy atom. The minimum Gasteiger partial charge on any atom is -0.364 e. The second-order valence-corrected chi connectivity index (χ2v) is 6.91. The molecule has 2 nitrogen and oxygen atoms in total. The van der Waals surface area contributed by atoms with Gasteiger partial charge in [-0.05, 0) is 64.8 Å². The van der Waals surface area contributed by atoms with Gasteiger partial charge in [-0.25, -0.2) is 4.39 Å². The van der Waals surface area contributed by atoms with Gasteiger partial charge in [0, 0.05) is 29.4 Å². The molecule has 0 unspecified atom stereocenters. The van der Waals surface area contributed by atoms with Crippen LogP contribution < -0.4 is 10.2 Å². The molecule has 0 fully saturated rings. The van der Waals surface area contributed by atoms with Gasteiger partial charge in [-0.15, -0.1) is 0 Å². The topological polar surface area (TPSA) is 15.3 Å². The van der Waals surface area contributed by atoms with E-state index in [1.54, 1.807) is 6.07 Å². The standard InChI is InChI=1S/C17H27FN2/c1-11(2)20-16-8-15(18)13(10-19-6)7-14(16)12(3)9-17(20,4)5/h7-8,11-12,19H,9-10H2,1-6H3/t12-/m1/s1. The number of nitrogens with zero attached hydrogens (tertiary/aromatic N) is 1. The molecule has 0 spiro atoms. The first kappa shape index (κ1) is 15.3. The number of hydrogen-bond acceptors (Lipinski definition) is 2. The summed E-state index contributed by atoms with van der Waals surface area (Å²) in [6.45, 7) is 11.7. The summed E-state index contributed by atoms with van der Waals surface area (Å²) in [6, 6.07) is 4.15. The number of fused-ring (bicyclic) bond motifs is 1. The smallest absolute Gasteiger partial charge is 0.129 e. The van der Waals surface area contributed by atoms with Crippen LogP contribution in [-0.4, -0.2) is 18.6 Å². The number of hydrogen-bond donors (Lipinski definition) is 1. The summed E-state index contributed by atoms with van der Waals surface area (Å²) in [5, 5.41) is 3.04. The van der Waals surface area contributed by atoms with E-state index in [2.05, 4.69) is 50.9 Å². The Morgan fingerprint density at radius 1 is 1.40 bits per heavy atom. The molecule has 1 atom stereocenters. The summed E-state index contributed by atoms with van der Waals surface area (Å²) < 4.78 is 14.3. The van der Waals surface area contributed by atoms with Crippen molar-refractivity contribution in [2.24, 2.45) is 0 Å². The third-order valence-corrected chi connectivity index (χ3v) is 4.33. The molecule has 1 aromatic carbocycles. The van der Waals surface area contributed by atoms with Crippen molar-refractivity contribution in [3.63, 3.8) is 0 Å². The van der Waals surface area contributed by atoms with Crippen molar-refractivity contribution in [2.45, 2.75) is 65.1 Å². The third-order valence-electron chi connectivity index (χ3n) is 4.33. The summed E-state index contributed by atoms with van der Waals surface area (Å²) in [7, 11) is 1.85. The molecule has 0 aromatic heterocycles. The van der Waals surface area contributed by atoms with Crippen molar-refractivity contribution in [1.29, 1.82) is 0 Å². The van der Waals surface area contributed by atoms with E-state index in [1.165, 1.54) is 5.56 Å². The van der Waals surface area contributed by atoms with E-state index in [9.17, 15) is 4.39 Å². The SMILES string of the molecule is CNCc1cc2c(cc1F)N(C(C)C)C(C)(C)C[C@H]2C. The van der Waals surface area contributed by atoms with Crippen molar-refractivity contribution in [2.75, 3.05) is 11.9 Å². The van der Waals surface area contributed by atoms with E-state index in [-0.39, 0.29) is 11.4 Å². The maximum Gasteiger partial charge on any atom is 0.129 e. The van der Waals surface area contributed by atoms with Crippen molar-refractivity contribution >= 4 is 5.69 Å². The first-order valence-corrected chi connectivity index (χ1v) is 7.54. The molecule has 3 heteroatoms. The van der Waals surface area contributed by atoms with Crippen LogP contribution in [0.25, 0.3) is 0 Å². The number of anilines is 1. The minimum atomic E-state index is -0.103. The van der Waals surface area contributed by atoms with Crippen LogP contribution in [0.1, 0.15) is 58.1 Å². The van der Waals surface area contributed by atoms with Gasteiger partial charge in [-0.2, -0.15) is 0 Å². The Morgan fingerprint density at radius 3 is 2.60 bits per heavy atom. The van der Waals surface area contributed by atoms with Crippen LogP contribution in [0.5, 0.6) is 0 Å². The predicted molar refractivity (Wildman–Crippen MR) is 83.9 cm³/mol. The first-order chi connectivity index (χ1) is 9.27. The van der Waals surface area contributed by atoms with Gasteiger partial charge in [0.15, 0.2) is 0 Å². The summed E-state index contributed by atoms with van der Waals surface area (Å²) in [4.78, 5) is 2.37. The summed E-state index contributed by atoms with van der Waals surface area (Å²) in [5.74, 6) is 0.361. The van der Waals surface area contributed by atoms with Gasteiger partial charge in [0.05, 0.1) is 0 Å². The molecule has 112 valence electrons. The van der Waals surface area contributed by atoms with Gasteiger partial charge in [0.1, 0.15) is 5.82 Å². The zero-order chi connectivity index (χ0) is 15.1. The molecule has 20 heavy (non-hydrogen) atoms. The highest BCUT2D eigenvalue weighted by Gasteiger charge is 2.38. The fraction of sp³-hybridized carbons (Fsp3) is 0.647. The summed E-state index contributed by atoms with van der Waals surface area (Å²) in [5.41, 5.74) is 3.18. The highest BCUT2D eigenvalue weighted by Crippen LogP contribution is 2.45. The summed E-state index contributed by atoms with van der Waals surface area (Å²) in [6.07, 6.45) is 1.10. The minimum absolute atomic E-state index is 0.0670. The number of rotatable bonds is 3. The monoisotopic (exact) mass is 278 g/mol. The molecule has 0 bridgehead atoms. The fourth-order valence-electron chi connectivity index (χ4n) is 3.82. The average Bonchev–Trinajstić information content (AvgIpc) is 2.29. The van der Waals surface area contributed by atoms with E-state index in [0.29, 0.717) is 18.5 Å². The second kappa shape index (κ2) is 5.36. The Labute approximate surface area is 122 Å². The zero-order valence-corrected chi connectivity index (χ0v) is 13.5. The quantitative estimate of drug-likeness (QED) is 0.897. The predicted octanol–water partition coefficient (Wildman–Crippen LogP) is 4.05. The van der Waals surface area contributed by atoms with Gasteiger partial charge in [0.25, 0.3) is 0 Å². The number of nitrogens with one attached hydrogen (secondary N) is 1. The van der Waals surface area contributed by atoms with Crippen LogP contribution in [0.15, 0.2) is 12.1 Å². The molecule has 2 rings (SSSR count). The molecular weight excluding hydrogens is 251 g/mol. The van der Waals surface area contributed by atoms with Crippen LogP contribution in [0.4, 0.5) is 10.1 Å². The van der Waals surface area contributed by atoms with Crippen molar-refractivity contribution in [3.05, 3.63) is 29.1 Å². The second-order valence-electron chi connectivity index (χ2n) is 6.91. The molecule has 0 aliphatic carbocycles. The van der Waals surface area contributed by atoms with E-state index in [0.717, 1.165) is 17.7 Å². The average molecular weight is 278 g/mol. The highest BCUT2D eigenvalue weighted by molar-refractivity contribution is 5.61. The molecule has 0 radical (unpaired) electrons. The van der Waals surface area contributed by atoms with Gasteiger partial charge in [-0.3, -0.25) is 0 Å². The Bertz CT molecular complexity index is 494. The van der Waals surface area contributed by atoms with Gasteiger partial charge in [0.2, 0.25) is 0 Å². The van der Waals surface area contributed by atoms with E-state index in [1.807, 2.05) is 7.05 Å². The Kier molecular flexibility index (Phi) is 4.10. The third kappa shape index (κ3) is 2.56. The lowest BCUT2D eigenvalue weighted by molar-refractivity contribution is 0.355. The molecule has 1 aromatic rings. The van der Waals surface area contributed by atoms with Gasteiger partial charge in [-0.1, -0.05) is 6.92 Å². The fourth-order valence-corrected chi connectivity index (χ4v) is 3.82. The molecule has 0 saturated carbocycles. The van der Waals surface area contributed by atoms with Crippen LogP contribution in [0, 0.1) is 5.82 Å². The maximum absolute atomic E-state index is 14.3. The van der Waals surface area contributed by atoms with Gasteiger partial charge >= 0.3 is 0 Å². The molecular formula is C17H27FN2. The van der Waals surface area contributed by atoms with E-state index >= 15 is 0 Å². The normalized spacial score (nSPS) is 21.2. The molecule has 1 N–H and O–H groups in total. The van der Waals surface area contributed by atoms with E-state index < -0.39 is 0 Å². The number of benzene rings is 1. The van der Waals surface area contributed by atoms with Crippen LogP contribution >= 0.6 is 0 Å². The first-order valence-electron chi connectivity index (χ1n) is 7.54. The molecule has 1 aliphatic heterocycles. The van der Waals surface area contributed by atoms with E-state index in [4.69, 9.17) is 0 Å². The number of halogens is 1. The van der Waals surface area contributed by atoms with Crippen molar-refractivity contribution in [1.82, 2.24) is 5.32 Å². The van der Waals surface area contributed by atoms with Crippen LogP contribution in [-0.2, 0) is 6.54 Å². The lowest BCUT2D eigenvalue weighted by Crippen LogP contribution is -2.52. The highest BCUT2D eigenvalue weighted by atomic mass is 19.1. The lowest BCUT2D eigenvalue weighted by atomic mass is 9.78. The zero-order valence-electron chi connectivity index (χ0n) is 13.5. The molecule has 0 saturated heterocycles. The van der Waals surface area contributed by atoms with Crippen LogP contribution in [0.2, 0.25) is 0 Å². The molecule has 0 amide bonds. The molecule has 1 heterocycles. The van der Waals surface area contributed by atoms with Crippen molar-refractivity contribution < 1.29 is 4.39 Å². The molecule has 1 aliphatic rings. The largest absolute Gasteiger partial charge is 0.364 e. The van der Waals surface area contributed by atoms with Gasteiger partial charge < -0.3 is 10.2 Å². The summed E-state index contributed by atoms with van der Waals surface area (Å²) >= 11 is 0. The maximum atomic E-state index is 14.3. The Balaban J connectivity index is 2.57. The lowest BCUT2D eigenvalue weighted by Gasteiger charge is -2.50.